The number of likely N-dealkylation sites (tertiary alicyclic amines) is 1. The van der Waals surface area contributed by atoms with Crippen molar-refractivity contribution in [3.8, 4) is 0 Å². The average Bonchev–Trinajstić information content (AvgIpc) is 2.31. The minimum Gasteiger partial charge on any atom is -0.389 e. The number of rotatable bonds is 2. The second kappa shape index (κ2) is 5.27. The van der Waals surface area contributed by atoms with Crippen LogP contribution in [-0.2, 0) is 6.42 Å². The maximum absolute atomic E-state index is 13.5. The zero-order valence-corrected chi connectivity index (χ0v) is 12.4. The molecule has 4 heteroatoms. The number of halogens is 2. The van der Waals surface area contributed by atoms with Crippen molar-refractivity contribution < 1.29 is 9.50 Å². The molecule has 1 aromatic carbocycles. The molecule has 2 atom stereocenters. The fourth-order valence-corrected chi connectivity index (χ4v) is 3.02. The molecule has 1 aromatic rings. The molecular formula is C14H19BrFNO. The number of piperidine rings is 1. The zero-order valence-electron chi connectivity index (χ0n) is 10.8. The van der Waals surface area contributed by atoms with Crippen LogP contribution in [-0.4, -0.2) is 35.2 Å². The third-order valence-electron chi connectivity index (χ3n) is 3.91. The van der Waals surface area contributed by atoms with Crippen molar-refractivity contribution in [2.24, 2.45) is 0 Å². The van der Waals surface area contributed by atoms with E-state index in [1.54, 1.807) is 6.07 Å². The van der Waals surface area contributed by atoms with Crippen molar-refractivity contribution in [1.82, 2.24) is 4.90 Å². The minimum absolute atomic E-state index is 0.267. The Morgan fingerprint density at radius 2 is 2.28 bits per heavy atom. The first-order chi connectivity index (χ1) is 8.41. The third kappa shape index (κ3) is 2.92. The number of benzene rings is 1. The Morgan fingerprint density at radius 3 is 2.94 bits per heavy atom. The highest BCUT2D eigenvalue weighted by molar-refractivity contribution is 9.10. The number of hydrogen-bond donors (Lipinski definition) is 1. The Bertz CT molecular complexity index is 440. The summed E-state index contributed by atoms with van der Waals surface area (Å²) in [6, 6.07) is 5.34. The van der Waals surface area contributed by atoms with Crippen LogP contribution in [0.3, 0.4) is 0 Å². The molecule has 1 saturated heterocycles. The van der Waals surface area contributed by atoms with E-state index in [1.807, 2.05) is 6.07 Å². The summed E-state index contributed by atoms with van der Waals surface area (Å²) in [5, 5.41) is 10.7. The number of hydrogen-bond acceptors (Lipinski definition) is 2. The standard InChI is InChI=1S/C14H19BrFNO/c1-10-8-14(18,6-7-17(10)2)9-11-4-3-5-12(16)13(11)15/h3-5,10,18H,6-9H2,1-2H3. The fraction of sp³-hybridized carbons (Fsp3) is 0.571. The van der Waals surface area contributed by atoms with Gasteiger partial charge in [-0.2, -0.15) is 0 Å². The van der Waals surface area contributed by atoms with Crippen LogP contribution in [0.25, 0.3) is 0 Å². The highest BCUT2D eigenvalue weighted by atomic mass is 79.9. The molecule has 0 radical (unpaired) electrons. The Morgan fingerprint density at radius 1 is 1.56 bits per heavy atom. The summed E-state index contributed by atoms with van der Waals surface area (Å²) in [6.07, 6.45) is 1.97. The van der Waals surface area contributed by atoms with Gasteiger partial charge in [0.15, 0.2) is 0 Å². The van der Waals surface area contributed by atoms with Crippen molar-refractivity contribution in [2.75, 3.05) is 13.6 Å². The summed E-state index contributed by atoms with van der Waals surface area (Å²) in [4.78, 5) is 2.25. The molecule has 1 heterocycles. The van der Waals surface area contributed by atoms with E-state index in [4.69, 9.17) is 0 Å². The van der Waals surface area contributed by atoms with E-state index in [-0.39, 0.29) is 5.82 Å². The molecule has 0 saturated carbocycles. The van der Waals surface area contributed by atoms with Gasteiger partial charge in [0.05, 0.1) is 10.1 Å². The summed E-state index contributed by atoms with van der Waals surface area (Å²) in [5.41, 5.74) is 0.122. The molecule has 1 N–H and O–H groups in total. The lowest BCUT2D eigenvalue weighted by molar-refractivity contribution is -0.0354. The van der Waals surface area contributed by atoms with Crippen molar-refractivity contribution in [2.45, 2.75) is 37.8 Å². The summed E-state index contributed by atoms with van der Waals surface area (Å²) in [6.45, 7) is 3.00. The fourth-order valence-electron chi connectivity index (χ4n) is 2.61. The van der Waals surface area contributed by atoms with Crippen molar-refractivity contribution in [3.05, 3.63) is 34.1 Å². The predicted molar refractivity (Wildman–Crippen MR) is 74.1 cm³/mol. The first-order valence-corrected chi connectivity index (χ1v) is 7.06. The molecule has 1 aliphatic heterocycles. The van der Waals surface area contributed by atoms with E-state index in [0.29, 0.717) is 16.9 Å². The maximum Gasteiger partial charge on any atom is 0.137 e. The second-order valence-corrected chi connectivity index (χ2v) is 6.19. The molecule has 0 amide bonds. The Balaban J connectivity index is 2.15. The van der Waals surface area contributed by atoms with Gasteiger partial charge in [0.25, 0.3) is 0 Å². The van der Waals surface area contributed by atoms with Gasteiger partial charge >= 0.3 is 0 Å². The van der Waals surface area contributed by atoms with Gasteiger partial charge in [0.2, 0.25) is 0 Å². The van der Waals surface area contributed by atoms with Crippen LogP contribution >= 0.6 is 15.9 Å². The van der Waals surface area contributed by atoms with Gasteiger partial charge in [-0.15, -0.1) is 0 Å². The number of aliphatic hydroxyl groups is 1. The molecule has 1 fully saturated rings. The highest BCUT2D eigenvalue weighted by Crippen LogP contribution is 2.32. The molecule has 0 bridgehead atoms. The maximum atomic E-state index is 13.5. The van der Waals surface area contributed by atoms with Gasteiger partial charge in [-0.25, -0.2) is 4.39 Å². The van der Waals surface area contributed by atoms with E-state index in [1.165, 1.54) is 6.07 Å². The lowest BCUT2D eigenvalue weighted by Crippen LogP contribution is -2.48. The largest absolute Gasteiger partial charge is 0.389 e. The van der Waals surface area contributed by atoms with Crippen molar-refractivity contribution >= 4 is 15.9 Å². The van der Waals surface area contributed by atoms with Crippen LogP contribution in [0.5, 0.6) is 0 Å². The Hall–Kier alpha value is -0.450. The lowest BCUT2D eigenvalue weighted by atomic mass is 9.82. The van der Waals surface area contributed by atoms with Gasteiger partial charge in [-0.05, 0) is 54.4 Å². The molecule has 2 rings (SSSR count). The molecule has 2 nitrogen and oxygen atoms in total. The van der Waals surface area contributed by atoms with Gasteiger partial charge in [0.1, 0.15) is 5.82 Å². The van der Waals surface area contributed by atoms with Gasteiger partial charge in [0, 0.05) is 19.0 Å². The number of nitrogens with zero attached hydrogens (tertiary/aromatic N) is 1. The zero-order chi connectivity index (χ0) is 13.3. The normalized spacial score (nSPS) is 29.5. The topological polar surface area (TPSA) is 23.5 Å². The smallest absolute Gasteiger partial charge is 0.137 e. The molecule has 2 unspecified atom stereocenters. The van der Waals surface area contributed by atoms with E-state index >= 15 is 0 Å². The summed E-state index contributed by atoms with van der Waals surface area (Å²) < 4.78 is 13.9. The quantitative estimate of drug-likeness (QED) is 0.907. The monoisotopic (exact) mass is 315 g/mol. The van der Waals surface area contributed by atoms with Gasteiger partial charge in [-0.1, -0.05) is 12.1 Å². The average molecular weight is 316 g/mol. The lowest BCUT2D eigenvalue weighted by Gasteiger charge is -2.41. The van der Waals surface area contributed by atoms with E-state index in [2.05, 4.69) is 34.8 Å². The van der Waals surface area contributed by atoms with E-state index < -0.39 is 5.60 Å². The predicted octanol–water partition coefficient (Wildman–Crippen LogP) is 2.98. The van der Waals surface area contributed by atoms with Gasteiger partial charge < -0.3 is 10.0 Å². The van der Waals surface area contributed by atoms with Crippen molar-refractivity contribution in [3.63, 3.8) is 0 Å². The van der Waals surface area contributed by atoms with Crippen LogP contribution in [0.1, 0.15) is 25.3 Å². The van der Waals surface area contributed by atoms with Crippen LogP contribution in [0.15, 0.2) is 22.7 Å². The minimum atomic E-state index is -0.720. The van der Waals surface area contributed by atoms with Crippen LogP contribution in [0, 0.1) is 5.82 Å². The molecule has 0 aliphatic carbocycles. The second-order valence-electron chi connectivity index (χ2n) is 5.40. The molecular weight excluding hydrogens is 297 g/mol. The van der Waals surface area contributed by atoms with Crippen LogP contribution in [0.2, 0.25) is 0 Å². The summed E-state index contributed by atoms with van der Waals surface area (Å²) in [7, 11) is 2.07. The molecule has 0 aromatic heterocycles. The highest BCUT2D eigenvalue weighted by Gasteiger charge is 2.35. The molecule has 100 valence electrons. The van der Waals surface area contributed by atoms with E-state index in [9.17, 15) is 9.50 Å². The molecule has 18 heavy (non-hydrogen) atoms. The third-order valence-corrected chi connectivity index (χ3v) is 4.80. The first-order valence-electron chi connectivity index (χ1n) is 6.27. The molecule has 0 spiro atoms. The van der Waals surface area contributed by atoms with E-state index in [0.717, 1.165) is 24.9 Å². The van der Waals surface area contributed by atoms with Crippen LogP contribution in [0.4, 0.5) is 4.39 Å². The SMILES string of the molecule is CC1CC(O)(Cc2cccc(F)c2Br)CCN1C. The summed E-state index contributed by atoms with van der Waals surface area (Å²) >= 11 is 3.26. The Kier molecular flexibility index (Phi) is 4.09. The first kappa shape index (κ1) is 14.0. The summed E-state index contributed by atoms with van der Waals surface area (Å²) in [5.74, 6) is -0.267. The van der Waals surface area contributed by atoms with Crippen LogP contribution < -0.4 is 0 Å². The van der Waals surface area contributed by atoms with Gasteiger partial charge in [-0.3, -0.25) is 0 Å². The Labute approximate surface area is 116 Å². The van der Waals surface area contributed by atoms with Crippen molar-refractivity contribution in [1.29, 1.82) is 0 Å². The molecule has 1 aliphatic rings.